The van der Waals surface area contributed by atoms with E-state index in [1.54, 1.807) is 13.0 Å². The molecule has 13 heavy (non-hydrogen) atoms. The van der Waals surface area contributed by atoms with Crippen molar-refractivity contribution in [2.45, 2.75) is 13.8 Å². The number of hydrogen-bond acceptors (Lipinski definition) is 3. The Balaban J connectivity index is 2.92. The van der Waals surface area contributed by atoms with Crippen molar-refractivity contribution in [3.8, 4) is 5.75 Å². The number of oxazole rings is 1. The van der Waals surface area contributed by atoms with Gasteiger partial charge in [-0.25, -0.2) is 4.98 Å². The van der Waals surface area contributed by atoms with E-state index in [9.17, 15) is 5.11 Å². The molecule has 0 amide bonds. The minimum atomic E-state index is 0.293. The van der Waals surface area contributed by atoms with Crippen LogP contribution in [0.3, 0.4) is 0 Å². The fourth-order valence-electron chi connectivity index (χ4n) is 1.28. The number of benzene rings is 1. The highest BCUT2D eigenvalue weighted by atomic mass is 127. The van der Waals surface area contributed by atoms with Crippen molar-refractivity contribution in [3.63, 3.8) is 0 Å². The fourth-order valence-corrected chi connectivity index (χ4v) is 1.97. The van der Waals surface area contributed by atoms with Gasteiger partial charge in [0.2, 0.25) is 0 Å². The molecule has 0 saturated carbocycles. The molecule has 0 aliphatic carbocycles. The first-order valence-corrected chi connectivity index (χ1v) is 4.92. The number of phenols is 1. The van der Waals surface area contributed by atoms with Crippen LogP contribution in [-0.4, -0.2) is 10.1 Å². The molecule has 2 aromatic rings. The molecule has 4 heteroatoms. The van der Waals surface area contributed by atoms with E-state index in [0.29, 0.717) is 11.6 Å². The summed E-state index contributed by atoms with van der Waals surface area (Å²) in [4.78, 5) is 4.18. The Morgan fingerprint density at radius 1 is 1.46 bits per heavy atom. The average molecular weight is 289 g/mol. The average Bonchev–Trinajstić information content (AvgIpc) is 2.42. The van der Waals surface area contributed by atoms with Gasteiger partial charge >= 0.3 is 0 Å². The lowest BCUT2D eigenvalue weighted by Gasteiger charge is -2.00. The van der Waals surface area contributed by atoms with Gasteiger partial charge in [0.05, 0.1) is 3.57 Å². The van der Waals surface area contributed by atoms with Crippen molar-refractivity contribution >= 4 is 33.7 Å². The molecule has 2 rings (SSSR count). The van der Waals surface area contributed by atoms with Gasteiger partial charge < -0.3 is 9.52 Å². The topological polar surface area (TPSA) is 46.3 Å². The highest BCUT2D eigenvalue weighted by molar-refractivity contribution is 14.1. The second-order valence-corrected chi connectivity index (χ2v) is 4.07. The number of hydrogen-bond donors (Lipinski definition) is 1. The van der Waals surface area contributed by atoms with Crippen molar-refractivity contribution in [3.05, 3.63) is 21.1 Å². The SMILES string of the molecule is Cc1nc2c(C)c(O)c(I)cc2o1. The zero-order valence-electron chi connectivity index (χ0n) is 7.26. The standard InChI is InChI=1S/C9H8INO2/c1-4-8-7(13-5(2)11-8)3-6(10)9(4)12/h3,12H,1-2H3. The summed E-state index contributed by atoms with van der Waals surface area (Å²) in [6.45, 7) is 3.63. The Morgan fingerprint density at radius 3 is 2.85 bits per heavy atom. The van der Waals surface area contributed by atoms with Gasteiger partial charge in [-0.15, -0.1) is 0 Å². The normalized spacial score (nSPS) is 11.0. The quantitative estimate of drug-likeness (QED) is 0.758. The van der Waals surface area contributed by atoms with Gasteiger partial charge in [-0.05, 0) is 29.5 Å². The van der Waals surface area contributed by atoms with Crippen molar-refractivity contribution in [2.24, 2.45) is 0 Å². The Morgan fingerprint density at radius 2 is 2.15 bits per heavy atom. The third-order valence-corrected chi connectivity index (χ3v) is 2.78. The summed E-state index contributed by atoms with van der Waals surface area (Å²) in [6.07, 6.45) is 0. The summed E-state index contributed by atoms with van der Waals surface area (Å²) in [7, 11) is 0. The lowest BCUT2D eigenvalue weighted by Crippen LogP contribution is -1.82. The Bertz CT molecular complexity index is 476. The molecule has 1 heterocycles. The lowest BCUT2D eigenvalue weighted by atomic mass is 10.2. The van der Waals surface area contributed by atoms with Crippen molar-refractivity contribution < 1.29 is 9.52 Å². The third-order valence-electron chi connectivity index (χ3n) is 1.95. The summed E-state index contributed by atoms with van der Waals surface area (Å²) in [5.74, 6) is 0.918. The number of aromatic hydroxyl groups is 1. The summed E-state index contributed by atoms with van der Waals surface area (Å²) >= 11 is 2.07. The number of fused-ring (bicyclic) bond motifs is 1. The van der Waals surface area contributed by atoms with Crippen molar-refractivity contribution in [1.29, 1.82) is 0 Å². The largest absolute Gasteiger partial charge is 0.506 e. The fraction of sp³-hybridized carbons (Fsp3) is 0.222. The Hall–Kier alpha value is -0.780. The van der Waals surface area contributed by atoms with E-state index in [4.69, 9.17) is 4.42 Å². The number of aryl methyl sites for hydroxylation is 2. The van der Waals surface area contributed by atoms with E-state index in [0.717, 1.165) is 20.2 Å². The van der Waals surface area contributed by atoms with Crippen LogP contribution in [0.25, 0.3) is 11.1 Å². The van der Waals surface area contributed by atoms with Gasteiger partial charge in [0, 0.05) is 18.6 Å². The van der Waals surface area contributed by atoms with E-state index in [2.05, 4.69) is 27.6 Å². The van der Waals surface area contributed by atoms with Gasteiger partial charge in [-0.3, -0.25) is 0 Å². The number of aromatic nitrogens is 1. The minimum absolute atomic E-state index is 0.293. The zero-order valence-corrected chi connectivity index (χ0v) is 9.42. The van der Waals surface area contributed by atoms with Crippen LogP contribution in [-0.2, 0) is 0 Å². The smallest absolute Gasteiger partial charge is 0.192 e. The molecule has 0 radical (unpaired) electrons. The first-order valence-electron chi connectivity index (χ1n) is 3.85. The highest BCUT2D eigenvalue weighted by Gasteiger charge is 2.11. The zero-order chi connectivity index (χ0) is 9.59. The molecular weight excluding hydrogens is 281 g/mol. The maximum atomic E-state index is 9.62. The van der Waals surface area contributed by atoms with Gasteiger partial charge in [0.25, 0.3) is 0 Å². The van der Waals surface area contributed by atoms with Crippen LogP contribution in [0, 0.1) is 17.4 Å². The predicted octanol–water partition coefficient (Wildman–Crippen LogP) is 2.75. The maximum Gasteiger partial charge on any atom is 0.192 e. The van der Waals surface area contributed by atoms with Crippen LogP contribution in [0.5, 0.6) is 5.75 Å². The summed E-state index contributed by atoms with van der Waals surface area (Å²) in [6, 6.07) is 1.79. The molecule has 0 bridgehead atoms. The summed E-state index contributed by atoms with van der Waals surface area (Å²) < 4.78 is 6.15. The van der Waals surface area contributed by atoms with Gasteiger partial charge in [0.15, 0.2) is 11.5 Å². The van der Waals surface area contributed by atoms with E-state index in [-0.39, 0.29) is 0 Å². The Kier molecular flexibility index (Phi) is 1.94. The van der Waals surface area contributed by atoms with E-state index < -0.39 is 0 Å². The second kappa shape index (κ2) is 2.87. The lowest BCUT2D eigenvalue weighted by molar-refractivity contribution is 0.468. The third kappa shape index (κ3) is 1.29. The van der Waals surface area contributed by atoms with E-state index in [1.165, 1.54) is 0 Å². The molecule has 0 fully saturated rings. The van der Waals surface area contributed by atoms with E-state index >= 15 is 0 Å². The summed E-state index contributed by atoms with van der Waals surface area (Å²) in [5, 5.41) is 9.62. The van der Waals surface area contributed by atoms with Crippen LogP contribution in [0.4, 0.5) is 0 Å². The molecule has 0 unspecified atom stereocenters. The van der Waals surface area contributed by atoms with Gasteiger partial charge in [0.1, 0.15) is 11.3 Å². The summed E-state index contributed by atoms with van der Waals surface area (Å²) in [5.41, 5.74) is 2.26. The van der Waals surface area contributed by atoms with Gasteiger partial charge in [-0.1, -0.05) is 0 Å². The van der Waals surface area contributed by atoms with Crippen LogP contribution in [0.1, 0.15) is 11.5 Å². The molecule has 0 aliphatic heterocycles. The maximum absolute atomic E-state index is 9.62. The first kappa shape index (κ1) is 8.80. The van der Waals surface area contributed by atoms with Crippen molar-refractivity contribution in [2.75, 3.05) is 0 Å². The molecule has 1 aromatic carbocycles. The highest BCUT2D eigenvalue weighted by Crippen LogP contribution is 2.31. The molecule has 3 nitrogen and oxygen atoms in total. The number of halogens is 1. The Labute approximate surface area is 88.9 Å². The van der Waals surface area contributed by atoms with E-state index in [1.807, 2.05) is 6.92 Å². The molecule has 0 spiro atoms. The minimum Gasteiger partial charge on any atom is -0.506 e. The molecule has 1 aromatic heterocycles. The first-order chi connectivity index (χ1) is 6.09. The molecular formula is C9H8INO2. The monoisotopic (exact) mass is 289 g/mol. The van der Waals surface area contributed by atoms with Crippen LogP contribution >= 0.6 is 22.6 Å². The number of phenolic OH excluding ortho intramolecular Hbond substituents is 1. The van der Waals surface area contributed by atoms with Crippen LogP contribution < -0.4 is 0 Å². The van der Waals surface area contributed by atoms with Crippen LogP contribution in [0.15, 0.2) is 10.5 Å². The van der Waals surface area contributed by atoms with Crippen molar-refractivity contribution in [1.82, 2.24) is 4.98 Å². The number of nitrogens with zero attached hydrogens (tertiary/aromatic N) is 1. The number of rotatable bonds is 0. The predicted molar refractivity (Wildman–Crippen MR) is 57.9 cm³/mol. The molecule has 0 atom stereocenters. The molecule has 1 N–H and O–H groups in total. The second-order valence-electron chi connectivity index (χ2n) is 2.91. The molecule has 0 saturated heterocycles. The molecule has 0 aliphatic rings. The van der Waals surface area contributed by atoms with Gasteiger partial charge in [-0.2, -0.15) is 0 Å². The molecule has 68 valence electrons. The van der Waals surface area contributed by atoms with Crippen LogP contribution in [0.2, 0.25) is 0 Å².